The molecule has 3 N–H and O–H groups in total. The van der Waals surface area contributed by atoms with Gasteiger partial charge < -0.3 is 5.73 Å². The number of nitrogen functional groups attached to an aromatic ring is 1. The molecule has 0 saturated heterocycles. The maximum absolute atomic E-state index is 13.0. The molecule has 0 spiro atoms. The molecule has 9 heteroatoms. The summed E-state index contributed by atoms with van der Waals surface area (Å²) in [6, 6.07) is 17.4. The van der Waals surface area contributed by atoms with E-state index in [0.717, 1.165) is 33.5 Å². The Hall–Kier alpha value is -4.42. The lowest BCUT2D eigenvalue weighted by Crippen LogP contribution is -2.19. The molecular formula is C26H21N7OS. The van der Waals surface area contributed by atoms with E-state index in [1.165, 1.54) is 16.5 Å². The molecule has 1 unspecified atom stereocenters. The van der Waals surface area contributed by atoms with Crippen molar-refractivity contribution in [1.82, 2.24) is 29.3 Å². The van der Waals surface area contributed by atoms with Crippen molar-refractivity contribution in [3.8, 4) is 23.1 Å². The molecule has 2 aromatic carbocycles. The van der Waals surface area contributed by atoms with E-state index in [9.17, 15) is 4.79 Å². The molecule has 0 radical (unpaired) electrons. The van der Waals surface area contributed by atoms with Gasteiger partial charge in [0.1, 0.15) is 11.1 Å². The van der Waals surface area contributed by atoms with Crippen LogP contribution < -0.4 is 10.5 Å². The first-order valence-electron chi connectivity index (χ1n) is 10.9. The van der Waals surface area contributed by atoms with Gasteiger partial charge in [0.05, 0.1) is 27.7 Å². The molecule has 35 heavy (non-hydrogen) atoms. The lowest BCUT2D eigenvalue weighted by Gasteiger charge is -2.16. The number of para-hydroxylation sites is 1. The summed E-state index contributed by atoms with van der Waals surface area (Å²) in [4.78, 5) is 27.2. The predicted molar refractivity (Wildman–Crippen MR) is 138 cm³/mol. The van der Waals surface area contributed by atoms with Crippen LogP contribution in [-0.2, 0) is 0 Å². The van der Waals surface area contributed by atoms with Crippen LogP contribution in [0.25, 0.3) is 27.9 Å². The monoisotopic (exact) mass is 479 g/mol. The zero-order chi connectivity index (χ0) is 24.4. The van der Waals surface area contributed by atoms with E-state index >= 15 is 0 Å². The summed E-state index contributed by atoms with van der Waals surface area (Å²) in [6.45, 7) is 3.77. The zero-order valence-corrected chi connectivity index (χ0v) is 19.9. The Morgan fingerprint density at radius 1 is 1.11 bits per heavy atom. The van der Waals surface area contributed by atoms with Crippen molar-refractivity contribution in [3.63, 3.8) is 0 Å². The molecule has 0 fully saturated rings. The Kier molecular flexibility index (Phi) is 6.04. The van der Waals surface area contributed by atoms with Gasteiger partial charge in [0.25, 0.3) is 5.91 Å². The van der Waals surface area contributed by atoms with Crippen molar-refractivity contribution >= 4 is 40.4 Å². The molecule has 8 nitrogen and oxygen atoms in total. The highest BCUT2D eigenvalue weighted by atomic mass is 32.2. The zero-order valence-electron chi connectivity index (χ0n) is 19.1. The fourth-order valence-electron chi connectivity index (χ4n) is 3.79. The van der Waals surface area contributed by atoms with Crippen molar-refractivity contribution in [1.29, 1.82) is 0 Å². The van der Waals surface area contributed by atoms with Crippen molar-refractivity contribution in [2.75, 3.05) is 5.73 Å². The Bertz CT molecular complexity index is 1620. The Balaban J connectivity index is 1.51. The van der Waals surface area contributed by atoms with E-state index in [1.807, 2.05) is 55.5 Å². The first-order valence-corrected chi connectivity index (χ1v) is 11.8. The quantitative estimate of drug-likeness (QED) is 0.283. The normalized spacial score (nSPS) is 11.7. The number of hydrogen-bond acceptors (Lipinski definition) is 7. The van der Waals surface area contributed by atoms with Crippen LogP contribution in [0.4, 0.5) is 5.82 Å². The maximum Gasteiger partial charge on any atom is 0.268 e. The largest absolute Gasteiger partial charge is 0.381 e. The van der Waals surface area contributed by atoms with Crippen molar-refractivity contribution in [2.24, 2.45) is 0 Å². The van der Waals surface area contributed by atoms with Gasteiger partial charge in [-0.25, -0.2) is 19.5 Å². The Morgan fingerprint density at radius 3 is 2.74 bits per heavy atom. The van der Waals surface area contributed by atoms with Crippen molar-refractivity contribution < 1.29 is 4.79 Å². The molecule has 5 rings (SSSR count). The second-order valence-corrected chi connectivity index (χ2v) is 8.86. The summed E-state index contributed by atoms with van der Waals surface area (Å²) in [5, 5.41) is 3.94. The highest BCUT2D eigenvalue weighted by Crippen LogP contribution is 2.34. The summed E-state index contributed by atoms with van der Waals surface area (Å²) >= 11 is 1.23. The summed E-state index contributed by atoms with van der Waals surface area (Å²) < 4.78 is 4.37. The number of rotatable bonds is 5. The minimum atomic E-state index is -0.372. The number of nitrogens with two attached hydrogens (primary N) is 1. The minimum absolute atomic E-state index is 0.120. The van der Waals surface area contributed by atoms with Gasteiger partial charge in [-0.1, -0.05) is 42.3 Å². The van der Waals surface area contributed by atoms with E-state index in [-0.39, 0.29) is 22.5 Å². The molecule has 172 valence electrons. The highest BCUT2D eigenvalue weighted by molar-refractivity contribution is 7.98. The lowest BCUT2D eigenvalue weighted by atomic mass is 10.1. The van der Waals surface area contributed by atoms with E-state index < -0.39 is 0 Å². The molecule has 1 atom stereocenters. The van der Waals surface area contributed by atoms with Crippen LogP contribution in [0.2, 0.25) is 0 Å². The Morgan fingerprint density at radius 2 is 1.94 bits per heavy atom. The van der Waals surface area contributed by atoms with Crippen molar-refractivity contribution in [3.05, 3.63) is 83.8 Å². The fourth-order valence-corrected chi connectivity index (χ4v) is 4.45. The van der Waals surface area contributed by atoms with Gasteiger partial charge in [0.15, 0.2) is 11.5 Å². The number of amides is 1. The van der Waals surface area contributed by atoms with Gasteiger partial charge in [-0.05, 0) is 44.0 Å². The third-order valence-electron chi connectivity index (χ3n) is 5.39. The third kappa shape index (κ3) is 4.27. The number of nitrogens with zero attached hydrogens (tertiary/aromatic N) is 5. The van der Waals surface area contributed by atoms with E-state index in [2.05, 4.69) is 26.6 Å². The number of hydrogen-bond donors (Lipinski definition) is 2. The second kappa shape index (κ2) is 9.44. The standard InChI is InChI=1S/C26H21N7OS/c1-3-9-17-12-7-13-19-22(17)30-23(18-10-5-4-6-11-18)21(29-19)16(2)35-32-26(34)20-24(27)31-33-15-8-14-28-25(20)33/h4-8,10-16H,1-2H3,(H2,27,31)(H,32,34). The van der Waals surface area contributed by atoms with E-state index in [0.29, 0.717) is 5.65 Å². The number of fused-ring (bicyclic) bond motifs is 2. The van der Waals surface area contributed by atoms with Gasteiger partial charge in [-0.15, -0.1) is 11.0 Å². The average Bonchev–Trinajstić information content (AvgIpc) is 3.23. The first-order chi connectivity index (χ1) is 17.1. The average molecular weight is 480 g/mol. The molecule has 0 aliphatic rings. The molecule has 5 aromatic rings. The van der Waals surface area contributed by atoms with Crippen LogP contribution in [0.15, 0.2) is 67.0 Å². The van der Waals surface area contributed by atoms with Gasteiger partial charge in [0.2, 0.25) is 0 Å². The Labute approximate surface area is 206 Å². The molecule has 0 aliphatic carbocycles. The highest BCUT2D eigenvalue weighted by Gasteiger charge is 2.23. The van der Waals surface area contributed by atoms with Crippen LogP contribution in [0, 0.1) is 11.8 Å². The molecular weight excluding hydrogens is 458 g/mol. The predicted octanol–water partition coefficient (Wildman–Crippen LogP) is 4.43. The molecule has 0 saturated carbocycles. The third-order valence-corrected chi connectivity index (χ3v) is 6.27. The van der Waals surface area contributed by atoms with Gasteiger partial charge in [-0.3, -0.25) is 9.52 Å². The maximum atomic E-state index is 13.0. The summed E-state index contributed by atoms with van der Waals surface area (Å²) in [7, 11) is 0. The topological polar surface area (TPSA) is 111 Å². The van der Waals surface area contributed by atoms with Gasteiger partial charge in [-0.2, -0.15) is 0 Å². The molecule has 3 aromatic heterocycles. The minimum Gasteiger partial charge on any atom is -0.381 e. The summed E-state index contributed by atoms with van der Waals surface area (Å²) in [5.74, 6) is 5.81. The fraction of sp³-hybridized carbons (Fsp3) is 0.115. The van der Waals surface area contributed by atoms with Crippen LogP contribution in [0.1, 0.15) is 40.7 Å². The van der Waals surface area contributed by atoms with Crippen LogP contribution >= 0.6 is 11.9 Å². The SMILES string of the molecule is CC#Cc1cccc2nc(C(C)SNC(=O)c3c(N)nn4cccnc34)c(-c3ccccc3)nc12. The van der Waals surface area contributed by atoms with Crippen LogP contribution in [-0.4, -0.2) is 30.5 Å². The number of aromatic nitrogens is 5. The van der Waals surface area contributed by atoms with Crippen LogP contribution in [0.3, 0.4) is 0 Å². The second-order valence-electron chi connectivity index (χ2n) is 7.71. The lowest BCUT2D eigenvalue weighted by molar-refractivity contribution is 0.0986. The molecule has 3 heterocycles. The molecule has 1 amide bonds. The van der Waals surface area contributed by atoms with E-state index in [1.54, 1.807) is 25.4 Å². The number of carbonyl (C=O) groups excluding carboxylic acids is 1. The molecule has 0 aliphatic heterocycles. The van der Waals surface area contributed by atoms with E-state index in [4.69, 9.17) is 15.7 Å². The summed E-state index contributed by atoms with van der Waals surface area (Å²) in [5.41, 5.74) is 11.4. The summed E-state index contributed by atoms with van der Waals surface area (Å²) in [6.07, 6.45) is 3.29. The van der Waals surface area contributed by atoms with Gasteiger partial charge in [0, 0.05) is 18.0 Å². The van der Waals surface area contributed by atoms with Crippen molar-refractivity contribution in [2.45, 2.75) is 19.1 Å². The molecule has 0 bridgehead atoms. The number of anilines is 1. The number of nitrogens with one attached hydrogen (secondary N) is 1. The first kappa shape index (κ1) is 22.4. The van der Waals surface area contributed by atoms with Gasteiger partial charge >= 0.3 is 0 Å². The smallest absolute Gasteiger partial charge is 0.268 e. The van der Waals surface area contributed by atoms with Crippen LogP contribution in [0.5, 0.6) is 0 Å². The number of benzene rings is 2. The number of carbonyl (C=O) groups is 1.